The van der Waals surface area contributed by atoms with Gasteiger partial charge in [0.2, 0.25) is 10.0 Å². The minimum absolute atomic E-state index is 0.180. The molecule has 1 rings (SSSR count). The molecule has 0 amide bonds. The summed E-state index contributed by atoms with van der Waals surface area (Å²) < 4.78 is 37.8. The first kappa shape index (κ1) is 19.7. The van der Waals surface area contributed by atoms with E-state index in [1.165, 1.54) is 16.4 Å². The first-order chi connectivity index (χ1) is 10.7. The zero-order valence-corrected chi connectivity index (χ0v) is 15.4. The molecule has 0 bridgehead atoms. The van der Waals surface area contributed by atoms with E-state index in [0.29, 0.717) is 37.8 Å². The number of ether oxygens (including phenoxy) is 2. The molecule has 0 spiro atoms. The molecule has 0 heterocycles. The van der Waals surface area contributed by atoms with Gasteiger partial charge in [0.05, 0.1) is 18.1 Å². The van der Waals surface area contributed by atoms with Crippen molar-refractivity contribution in [1.82, 2.24) is 4.31 Å². The maximum absolute atomic E-state index is 12.7. The molecule has 0 radical (unpaired) electrons. The van der Waals surface area contributed by atoms with Crippen molar-refractivity contribution in [2.75, 3.05) is 33.4 Å². The molecule has 2 N–H and O–H groups in total. The van der Waals surface area contributed by atoms with Gasteiger partial charge in [0.1, 0.15) is 0 Å². The van der Waals surface area contributed by atoms with E-state index in [9.17, 15) is 8.42 Å². The van der Waals surface area contributed by atoms with Crippen molar-refractivity contribution in [3.8, 4) is 11.5 Å². The Balaban J connectivity index is 3.15. The summed E-state index contributed by atoms with van der Waals surface area (Å²) in [4.78, 5) is 0.180. The number of hydrogen-bond acceptors (Lipinski definition) is 5. The lowest BCUT2D eigenvalue weighted by Crippen LogP contribution is -2.39. The topological polar surface area (TPSA) is 81.9 Å². The van der Waals surface area contributed by atoms with Gasteiger partial charge >= 0.3 is 0 Å². The van der Waals surface area contributed by atoms with Crippen LogP contribution in [0.5, 0.6) is 11.5 Å². The molecule has 132 valence electrons. The molecule has 0 aliphatic carbocycles. The van der Waals surface area contributed by atoms with Gasteiger partial charge in [-0.05, 0) is 37.9 Å². The Morgan fingerprint density at radius 1 is 1.13 bits per heavy atom. The zero-order valence-electron chi connectivity index (χ0n) is 14.6. The van der Waals surface area contributed by atoms with Crippen LogP contribution in [0.2, 0.25) is 0 Å². The van der Waals surface area contributed by atoms with Gasteiger partial charge in [-0.25, -0.2) is 12.7 Å². The van der Waals surface area contributed by atoms with Crippen LogP contribution < -0.4 is 15.2 Å². The van der Waals surface area contributed by atoms with Crippen molar-refractivity contribution in [3.05, 3.63) is 18.2 Å². The highest BCUT2D eigenvalue weighted by atomic mass is 32.2. The van der Waals surface area contributed by atoms with Crippen LogP contribution in [0.3, 0.4) is 0 Å². The standard InChI is InChI=1S/C16H28N2O4S/c1-6-21-14-9-8-13(10-15(14)22-7-2)23(19,20)18(5)12-16(3,4)11-17/h8-10H,6-7,11-12,17H2,1-5H3. The Hall–Kier alpha value is -1.31. The van der Waals surface area contributed by atoms with Crippen LogP contribution >= 0.6 is 0 Å². The Morgan fingerprint density at radius 3 is 2.22 bits per heavy atom. The van der Waals surface area contributed by atoms with Gasteiger partial charge in [0.15, 0.2) is 11.5 Å². The fourth-order valence-corrected chi connectivity index (χ4v) is 3.50. The van der Waals surface area contributed by atoms with Crippen molar-refractivity contribution in [3.63, 3.8) is 0 Å². The van der Waals surface area contributed by atoms with Gasteiger partial charge < -0.3 is 15.2 Å². The van der Waals surface area contributed by atoms with E-state index in [0.717, 1.165) is 0 Å². The molecule has 1 aromatic carbocycles. The first-order valence-corrected chi connectivity index (χ1v) is 9.18. The van der Waals surface area contributed by atoms with Crippen molar-refractivity contribution in [2.45, 2.75) is 32.6 Å². The van der Waals surface area contributed by atoms with Crippen LogP contribution in [0.15, 0.2) is 23.1 Å². The van der Waals surface area contributed by atoms with Crippen molar-refractivity contribution >= 4 is 10.0 Å². The van der Waals surface area contributed by atoms with E-state index in [2.05, 4.69) is 0 Å². The molecule has 0 saturated carbocycles. The van der Waals surface area contributed by atoms with E-state index < -0.39 is 10.0 Å². The van der Waals surface area contributed by atoms with Crippen LogP contribution in [0.4, 0.5) is 0 Å². The second kappa shape index (κ2) is 7.99. The summed E-state index contributed by atoms with van der Waals surface area (Å²) in [5, 5.41) is 0. The molecule has 0 aromatic heterocycles. The number of rotatable bonds is 9. The fourth-order valence-electron chi connectivity index (χ4n) is 2.12. The van der Waals surface area contributed by atoms with Gasteiger partial charge in [-0.1, -0.05) is 13.8 Å². The summed E-state index contributed by atoms with van der Waals surface area (Å²) in [6.07, 6.45) is 0. The molecule has 0 unspecified atom stereocenters. The highest BCUT2D eigenvalue weighted by Crippen LogP contribution is 2.31. The van der Waals surface area contributed by atoms with E-state index in [1.54, 1.807) is 13.1 Å². The Kier molecular flexibility index (Phi) is 6.85. The molecule has 0 atom stereocenters. The minimum atomic E-state index is -3.61. The monoisotopic (exact) mass is 344 g/mol. The van der Waals surface area contributed by atoms with Crippen molar-refractivity contribution in [1.29, 1.82) is 0 Å². The summed E-state index contributed by atoms with van der Waals surface area (Å²) >= 11 is 0. The summed E-state index contributed by atoms with van der Waals surface area (Å²) in [6, 6.07) is 4.67. The van der Waals surface area contributed by atoms with Gasteiger partial charge in [0, 0.05) is 19.7 Å². The zero-order chi connectivity index (χ0) is 17.7. The first-order valence-electron chi connectivity index (χ1n) is 7.74. The number of nitrogens with two attached hydrogens (primary N) is 1. The van der Waals surface area contributed by atoms with Gasteiger partial charge in [-0.3, -0.25) is 0 Å². The van der Waals surface area contributed by atoms with E-state index in [1.807, 2.05) is 27.7 Å². The molecule has 0 saturated heterocycles. The van der Waals surface area contributed by atoms with Crippen molar-refractivity contribution in [2.24, 2.45) is 11.1 Å². The molecule has 0 fully saturated rings. The smallest absolute Gasteiger partial charge is 0.242 e. The predicted octanol–water partition coefficient (Wildman–Crippen LogP) is 2.09. The van der Waals surface area contributed by atoms with Gasteiger partial charge in [0.25, 0.3) is 0 Å². The van der Waals surface area contributed by atoms with E-state index in [4.69, 9.17) is 15.2 Å². The fraction of sp³-hybridized carbons (Fsp3) is 0.625. The van der Waals surface area contributed by atoms with Crippen LogP contribution in [-0.2, 0) is 10.0 Å². The third-order valence-electron chi connectivity index (χ3n) is 3.43. The highest BCUT2D eigenvalue weighted by molar-refractivity contribution is 7.89. The number of hydrogen-bond donors (Lipinski definition) is 1. The summed E-state index contributed by atoms with van der Waals surface area (Å²) in [5.41, 5.74) is 5.40. The number of nitrogens with zero attached hydrogens (tertiary/aromatic N) is 1. The summed E-state index contributed by atoms with van der Waals surface area (Å²) in [5.74, 6) is 0.972. The second-order valence-electron chi connectivity index (χ2n) is 6.10. The van der Waals surface area contributed by atoms with Crippen LogP contribution in [0.25, 0.3) is 0 Å². The maximum atomic E-state index is 12.7. The molecular weight excluding hydrogens is 316 g/mol. The summed E-state index contributed by atoms with van der Waals surface area (Å²) in [7, 11) is -2.05. The lowest BCUT2D eigenvalue weighted by Gasteiger charge is -2.28. The largest absolute Gasteiger partial charge is 0.490 e. The molecule has 0 aliphatic rings. The van der Waals surface area contributed by atoms with Gasteiger partial charge in [-0.2, -0.15) is 0 Å². The lowest BCUT2D eigenvalue weighted by atomic mass is 9.94. The van der Waals surface area contributed by atoms with E-state index in [-0.39, 0.29) is 10.3 Å². The molecular formula is C16H28N2O4S. The average molecular weight is 344 g/mol. The second-order valence-corrected chi connectivity index (χ2v) is 8.15. The van der Waals surface area contributed by atoms with Crippen LogP contribution in [0, 0.1) is 5.41 Å². The van der Waals surface area contributed by atoms with Crippen molar-refractivity contribution < 1.29 is 17.9 Å². The third kappa shape index (κ3) is 5.09. The Bertz CT molecular complexity index is 615. The normalized spacial score (nSPS) is 12.5. The maximum Gasteiger partial charge on any atom is 0.242 e. The summed E-state index contributed by atoms with van der Waals surface area (Å²) in [6.45, 7) is 9.22. The molecule has 23 heavy (non-hydrogen) atoms. The predicted molar refractivity (Wildman–Crippen MR) is 91.4 cm³/mol. The van der Waals surface area contributed by atoms with Crippen LogP contribution in [-0.4, -0.2) is 46.1 Å². The van der Waals surface area contributed by atoms with E-state index >= 15 is 0 Å². The van der Waals surface area contributed by atoms with Crippen LogP contribution in [0.1, 0.15) is 27.7 Å². The average Bonchev–Trinajstić information content (AvgIpc) is 2.49. The minimum Gasteiger partial charge on any atom is -0.490 e. The molecule has 6 nitrogen and oxygen atoms in total. The Labute approximate surface area is 139 Å². The molecule has 0 aliphatic heterocycles. The molecule has 7 heteroatoms. The SMILES string of the molecule is CCOc1ccc(S(=O)(=O)N(C)CC(C)(C)CN)cc1OCC. The highest BCUT2D eigenvalue weighted by Gasteiger charge is 2.28. The number of benzene rings is 1. The quantitative estimate of drug-likeness (QED) is 0.742. The number of sulfonamides is 1. The molecule has 1 aromatic rings. The Morgan fingerprint density at radius 2 is 1.70 bits per heavy atom. The third-order valence-corrected chi connectivity index (χ3v) is 5.23. The van der Waals surface area contributed by atoms with Gasteiger partial charge in [-0.15, -0.1) is 0 Å². The lowest BCUT2D eigenvalue weighted by molar-refractivity contribution is 0.285.